The molecule has 0 aromatic heterocycles. The first kappa shape index (κ1) is 19.1. The average Bonchev–Trinajstić information content (AvgIpc) is 2.62. The molecule has 0 heterocycles. The topological polar surface area (TPSA) is 86.5 Å². The Hall–Kier alpha value is -2.67. The van der Waals surface area contributed by atoms with Crippen molar-refractivity contribution in [3.8, 4) is 16.9 Å². The van der Waals surface area contributed by atoms with Crippen molar-refractivity contribution in [3.05, 3.63) is 63.7 Å². The summed E-state index contributed by atoms with van der Waals surface area (Å²) in [4.78, 5) is 15.6. The summed E-state index contributed by atoms with van der Waals surface area (Å²) in [5.74, 6) is -0.0857. The summed E-state index contributed by atoms with van der Waals surface area (Å²) in [6.07, 6.45) is 8.89. The minimum atomic E-state index is -3.51. The van der Waals surface area contributed by atoms with Crippen LogP contribution in [0.1, 0.15) is 37.7 Å². The van der Waals surface area contributed by atoms with E-state index in [0.717, 1.165) is 30.2 Å². The third-order valence-corrected chi connectivity index (χ3v) is 5.77. The maximum absolute atomic E-state index is 11.8. The van der Waals surface area contributed by atoms with Gasteiger partial charge in [-0.1, -0.05) is 48.4 Å². The van der Waals surface area contributed by atoms with E-state index in [1.165, 1.54) is 37.0 Å². The third-order valence-electron chi connectivity index (χ3n) is 4.66. The fourth-order valence-electron chi connectivity index (χ4n) is 3.35. The molecule has 2 aromatic carbocycles. The van der Waals surface area contributed by atoms with Crippen molar-refractivity contribution in [1.82, 2.24) is 0 Å². The molecule has 0 radical (unpaired) electrons. The molecule has 2 aromatic rings. The van der Waals surface area contributed by atoms with Crippen LogP contribution in [0.25, 0.3) is 17.2 Å². The zero-order chi connectivity index (χ0) is 19.4. The van der Waals surface area contributed by atoms with Gasteiger partial charge in [-0.25, -0.2) is 8.42 Å². The molecule has 6 nitrogen and oxygen atoms in total. The molecule has 0 amide bonds. The Bertz CT molecular complexity index is 987. The SMILES string of the molecule is CS(=O)(=O)c1ccc(-c2ccccc2C=C2CCCCC2)c(O[N+](=O)[O-])c1. The number of hydrogen-bond acceptors (Lipinski definition) is 5. The van der Waals surface area contributed by atoms with Crippen LogP contribution in [-0.4, -0.2) is 19.8 Å². The van der Waals surface area contributed by atoms with Crippen molar-refractivity contribution >= 4 is 15.9 Å². The van der Waals surface area contributed by atoms with Crippen LogP contribution in [0.5, 0.6) is 5.75 Å². The molecule has 0 aliphatic heterocycles. The first-order chi connectivity index (χ1) is 12.8. The molecule has 27 heavy (non-hydrogen) atoms. The molecule has 7 heteroatoms. The third kappa shape index (κ3) is 4.74. The van der Waals surface area contributed by atoms with Gasteiger partial charge in [0.15, 0.2) is 9.84 Å². The molecule has 1 saturated carbocycles. The summed E-state index contributed by atoms with van der Waals surface area (Å²) in [5, 5.41) is 10.0. The summed E-state index contributed by atoms with van der Waals surface area (Å²) < 4.78 is 23.6. The lowest BCUT2D eigenvalue weighted by atomic mass is 9.91. The Morgan fingerprint density at radius 1 is 1.04 bits per heavy atom. The molecule has 0 unspecified atom stereocenters. The summed E-state index contributed by atoms with van der Waals surface area (Å²) >= 11 is 0. The molecule has 142 valence electrons. The molecule has 3 rings (SSSR count). The second kappa shape index (κ2) is 7.92. The minimum absolute atomic E-state index is 0.0220. The van der Waals surface area contributed by atoms with Gasteiger partial charge < -0.3 is 0 Å². The van der Waals surface area contributed by atoms with Gasteiger partial charge in [0.05, 0.1) is 4.90 Å². The summed E-state index contributed by atoms with van der Waals surface area (Å²) in [7, 11) is -3.51. The smallest absolute Gasteiger partial charge is 0.275 e. The van der Waals surface area contributed by atoms with Crippen LogP contribution in [0, 0.1) is 10.1 Å². The first-order valence-corrected chi connectivity index (χ1v) is 10.7. The molecule has 0 atom stereocenters. The van der Waals surface area contributed by atoms with Crippen LogP contribution in [0.4, 0.5) is 0 Å². The van der Waals surface area contributed by atoms with Gasteiger partial charge in [0.1, 0.15) is 5.75 Å². The van der Waals surface area contributed by atoms with Gasteiger partial charge in [0, 0.05) is 11.8 Å². The maximum Gasteiger partial charge on any atom is 0.299 e. The zero-order valence-electron chi connectivity index (χ0n) is 15.1. The standard InChI is InChI=1S/C20H21NO5S/c1-27(24,25)17-11-12-19(20(14-17)26-21(22)23)18-10-6-5-9-16(18)13-15-7-3-2-4-8-15/h5-6,9-14H,2-4,7-8H2,1H3. The van der Waals surface area contributed by atoms with Crippen molar-refractivity contribution in [2.24, 2.45) is 0 Å². The maximum atomic E-state index is 11.8. The normalized spacial score (nSPS) is 14.6. The Labute approximate surface area is 158 Å². The van der Waals surface area contributed by atoms with E-state index < -0.39 is 14.9 Å². The highest BCUT2D eigenvalue weighted by molar-refractivity contribution is 7.90. The quantitative estimate of drug-likeness (QED) is 0.549. The number of hydrogen-bond donors (Lipinski definition) is 0. The molecular weight excluding hydrogens is 366 g/mol. The zero-order valence-corrected chi connectivity index (χ0v) is 15.9. The van der Waals surface area contributed by atoms with Crippen LogP contribution in [0.15, 0.2) is 52.9 Å². The van der Waals surface area contributed by atoms with Gasteiger partial charge in [-0.2, -0.15) is 0 Å². The Kier molecular flexibility index (Phi) is 5.60. The Morgan fingerprint density at radius 2 is 1.74 bits per heavy atom. The predicted molar refractivity (Wildman–Crippen MR) is 104 cm³/mol. The predicted octanol–water partition coefficient (Wildman–Crippen LogP) is 4.68. The van der Waals surface area contributed by atoms with Gasteiger partial charge in [-0.05, 0) is 48.9 Å². The number of rotatable bonds is 5. The molecule has 0 saturated heterocycles. The summed E-state index contributed by atoms with van der Waals surface area (Å²) in [6.45, 7) is 0. The number of nitrogens with zero attached hydrogens (tertiary/aromatic N) is 1. The Morgan fingerprint density at radius 3 is 2.41 bits per heavy atom. The lowest BCUT2D eigenvalue weighted by molar-refractivity contribution is -0.711. The van der Waals surface area contributed by atoms with Crippen LogP contribution < -0.4 is 4.84 Å². The van der Waals surface area contributed by atoms with Crippen molar-refractivity contribution in [1.29, 1.82) is 0 Å². The van der Waals surface area contributed by atoms with E-state index in [-0.39, 0.29) is 10.6 Å². The highest BCUT2D eigenvalue weighted by Crippen LogP contribution is 2.36. The van der Waals surface area contributed by atoms with Crippen LogP contribution in [0.3, 0.4) is 0 Å². The number of benzene rings is 2. The molecule has 0 N–H and O–H groups in total. The molecular formula is C20H21NO5S. The van der Waals surface area contributed by atoms with E-state index in [1.54, 1.807) is 6.07 Å². The van der Waals surface area contributed by atoms with Gasteiger partial charge in [-0.15, -0.1) is 10.1 Å². The highest BCUT2D eigenvalue weighted by Gasteiger charge is 2.17. The van der Waals surface area contributed by atoms with E-state index in [1.807, 2.05) is 24.3 Å². The fraction of sp³-hybridized carbons (Fsp3) is 0.300. The van der Waals surface area contributed by atoms with E-state index >= 15 is 0 Å². The average molecular weight is 387 g/mol. The van der Waals surface area contributed by atoms with Gasteiger partial charge in [0.2, 0.25) is 0 Å². The van der Waals surface area contributed by atoms with Crippen LogP contribution in [-0.2, 0) is 9.84 Å². The number of allylic oxidation sites excluding steroid dienone is 1. The lowest BCUT2D eigenvalue weighted by Gasteiger charge is -2.16. The second-order valence-corrected chi connectivity index (χ2v) is 8.71. The van der Waals surface area contributed by atoms with Crippen molar-refractivity contribution in [2.45, 2.75) is 37.0 Å². The first-order valence-electron chi connectivity index (χ1n) is 8.80. The monoisotopic (exact) mass is 387 g/mol. The van der Waals surface area contributed by atoms with Crippen molar-refractivity contribution in [2.75, 3.05) is 6.26 Å². The molecule has 1 aliphatic carbocycles. The fourth-order valence-corrected chi connectivity index (χ4v) is 3.99. The van der Waals surface area contributed by atoms with E-state index in [4.69, 9.17) is 4.84 Å². The molecule has 0 bridgehead atoms. The van der Waals surface area contributed by atoms with Gasteiger partial charge in [0.25, 0.3) is 5.09 Å². The lowest BCUT2D eigenvalue weighted by Crippen LogP contribution is -2.06. The van der Waals surface area contributed by atoms with Crippen LogP contribution >= 0.6 is 0 Å². The highest BCUT2D eigenvalue weighted by atomic mass is 32.2. The number of sulfone groups is 1. The van der Waals surface area contributed by atoms with Gasteiger partial charge in [-0.3, -0.25) is 4.84 Å². The van der Waals surface area contributed by atoms with E-state index in [0.29, 0.717) is 5.56 Å². The van der Waals surface area contributed by atoms with Crippen LogP contribution in [0.2, 0.25) is 0 Å². The molecule has 0 spiro atoms. The molecule has 1 aliphatic rings. The van der Waals surface area contributed by atoms with Gasteiger partial charge >= 0.3 is 0 Å². The largest absolute Gasteiger partial charge is 0.299 e. The minimum Gasteiger partial charge on any atom is -0.275 e. The van der Waals surface area contributed by atoms with Crippen molar-refractivity contribution < 1.29 is 18.3 Å². The molecule has 1 fully saturated rings. The van der Waals surface area contributed by atoms with Crippen molar-refractivity contribution in [3.63, 3.8) is 0 Å². The Balaban J connectivity index is 2.12. The van der Waals surface area contributed by atoms with E-state index in [2.05, 4.69) is 6.08 Å². The summed E-state index contributed by atoms with van der Waals surface area (Å²) in [5.41, 5.74) is 3.56. The summed E-state index contributed by atoms with van der Waals surface area (Å²) in [6, 6.07) is 11.8. The van der Waals surface area contributed by atoms with E-state index in [9.17, 15) is 18.5 Å². The second-order valence-electron chi connectivity index (χ2n) is 6.70.